The summed E-state index contributed by atoms with van der Waals surface area (Å²) in [4.78, 5) is 13.0. The van der Waals surface area contributed by atoms with Gasteiger partial charge in [0.05, 0.1) is 27.5 Å². The van der Waals surface area contributed by atoms with Gasteiger partial charge in [-0.25, -0.2) is 0 Å². The van der Waals surface area contributed by atoms with E-state index in [1.807, 2.05) is 22.8 Å². The Labute approximate surface area is 166 Å². The lowest BCUT2D eigenvalue weighted by molar-refractivity contribution is 0.101. The van der Waals surface area contributed by atoms with Crippen molar-refractivity contribution in [3.05, 3.63) is 87.7 Å². The van der Waals surface area contributed by atoms with Crippen LogP contribution in [0.1, 0.15) is 21.6 Å². The van der Waals surface area contributed by atoms with Crippen LogP contribution in [0.3, 0.4) is 0 Å². The van der Waals surface area contributed by atoms with Crippen molar-refractivity contribution in [2.45, 2.75) is 13.5 Å². The lowest BCUT2D eigenvalue weighted by atomic mass is 10.1. The van der Waals surface area contributed by atoms with E-state index in [2.05, 4.69) is 24.4 Å². The molecule has 136 valence electrons. The first-order valence-electron chi connectivity index (χ1n) is 8.41. The molecule has 0 radical (unpaired) electrons. The zero-order chi connectivity index (χ0) is 19.0. The first-order valence-corrected chi connectivity index (χ1v) is 9.17. The molecule has 0 saturated heterocycles. The van der Waals surface area contributed by atoms with Crippen LogP contribution in [-0.2, 0) is 6.54 Å². The molecule has 6 heteroatoms. The Morgan fingerprint density at radius 3 is 2.74 bits per heavy atom. The predicted molar refractivity (Wildman–Crippen MR) is 109 cm³/mol. The topological polar surface area (TPSA) is 47.2 Å². The maximum absolute atomic E-state index is 13.0. The standard InChI is InChI=1S/C21H16Cl2N2O2/c1-13-5-2-3-6-14(13)12-25-17-9-10-27-19(17)11-18(25)21(26)24-16-8-4-7-15(22)20(16)23/h2-11H,12H2,1H3,(H,24,26). The molecule has 1 amide bonds. The summed E-state index contributed by atoms with van der Waals surface area (Å²) in [5, 5.41) is 3.54. The molecule has 27 heavy (non-hydrogen) atoms. The van der Waals surface area contributed by atoms with E-state index in [9.17, 15) is 4.79 Å². The van der Waals surface area contributed by atoms with Crippen molar-refractivity contribution in [1.29, 1.82) is 0 Å². The molecule has 0 bridgehead atoms. The Balaban J connectivity index is 1.73. The van der Waals surface area contributed by atoms with Crippen LogP contribution in [0.2, 0.25) is 10.0 Å². The average molecular weight is 399 g/mol. The van der Waals surface area contributed by atoms with E-state index >= 15 is 0 Å². The summed E-state index contributed by atoms with van der Waals surface area (Å²) in [6.45, 7) is 2.61. The summed E-state index contributed by atoms with van der Waals surface area (Å²) in [6, 6.07) is 16.8. The summed E-state index contributed by atoms with van der Waals surface area (Å²) >= 11 is 12.2. The molecule has 0 aliphatic carbocycles. The Morgan fingerprint density at radius 1 is 1.11 bits per heavy atom. The van der Waals surface area contributed by atoms with Gasteiger partial charge in [0.15, 0.2) is 5.58 Å². The molecule has 2 aromatic carbocycles. The predicted octanol–water partition coefficient (Wildman–Crippen LogP) is 6.15. The lowest BCUT2D eigenvalue weighted by Crippen LogP contribution is -2.18. The highest BCUT2D eigenvalue weighted by Crippen LogP contribution is 2.30. The first kappa shape index (κ1) is 17.7. The molecule has 2 aromatic heterocycles. The SMILES string of the molecule is Cc1ccccc1Cn1c(C(=O)Nc2cccc(Cl)c2Cl)cc2occc21. The molecule has 4 aromatic rings. The zero-order valence-electron chi connectivity index (χ0n) is 14.5. The third-order valence-electron chi connectivity index (χ3n) is 4.54. The highest BCUT2D eigenvalue weighted by atomic mass is 35.5. The third kappa shape index (κ3) is 3.34. The summed E-state index contributed by atoms with van der Waals surface area (Å²) in [6.07, 6.45) is 1.62. The molecule has 0 aliphatic heterocycles. The van der Waals surface area contributed by atoms with Crippen molar-refractivity contribution in [2.24, 2.45) is 0 Å². The Kier molecular flexibility index (Phi) is 4.68. The van der Waals surface area contributed by atoms with E-state index < -0.39 is 0 Å². The Bertz CT molecular complexity index is 1140. The maximum atomic E-state index is 13.0. The second-order valence-electron chi connectivity index (χ2n) is 6.27. The molecule has 0 saturated carbocycles. The van der Waals surface area contributed by atoms with Crippen LogP contribution in [0.5, 0.6) is 0 Å². The Morgan fingerprint density at radius 2 is 1.93 bits per heavy atom. The van der Waals surface area contributed by atoms with Crippen LogP contribution in [0, 0.1) is 6.92 Å². The number of aryl methyl sites for hydroxylation is 1. The van der Waals surface area contributed by atoms with Gasteiger partial charge >= 0.3 is 0 Å². The first-order chi connectivity index (χ1) is 13.0. The monoisotopic (exact) mass is 398 g/mol. The van der Waals surface area contributed by atoms with E-state index in [1.54, 1.807) is 30.5 Å². The number of hydrogen-bond donors (Lipinski definition) is 1. The number of halogens is 2. The summed E-state index contributed by atoms with van der Waals surface area (Å²) in [7, 11) is 0. The molecule has 4 nitrogen and oxygen atoms in total. The number of amides is 1. The normalized spacial score (nSPS) is 11.1. The minimum atomic E-state index is -0.279. The quantitative estimate of drug-likeness (QED) is 0.447. The second kappa shape index (κ2) is 7.14. The average Bonchev–Trinajstić information content (AvgIpc) is 3.23. The number of carbonyl (C=O) groups is 1. The molecule has 4 rings (SSSR count). The van der Waals surface area contributed by atoms with Crippen LogP contribution >= 0.6 is 23.2 Å². The van der Waals surface area contributed by atoms with Crippen molar-refractivity contribution in [3.8, 4) is 0 Å². The number of furan rings is 1. The number of nitrogens with zero attached hydrogens (tertiary/aromatic N) is 1. The molecular formula is C21H16Cl2N2O2. The number of benzene rings is 2. The van der Waals surface area contributed by atoms with Crippen molar-refractivity contribution in [3.63, 3.8) is 0 Å². The van der Waals surface area contributed by atoms with Crippen LogP contribution in [0.25, 0.3) is 11.1 Å². The van der Waals surface area contributed by atoms with Crippen LogP contribution in [-0.4, -0.2) is 10.5 Å². The number of aromatic nitrogens is 1. The van der Waals surface area contributed by atoms with E-state index in [4.69, 9.17) is 27.6 Å². The highest BCUT2D eigenvalue weighted by Gasteiger charge is 2.19. The van der Waals surface area contributed by atoms with Gasteiger partial charge in [-0.05, 0) is 30.2 Å². The molecule has 0 unspecified atom stereocenters. The van der Waals surface area contributed by atoms with Crippen molar-refractivity contribution >= 4 is 45.9 Å². The van der Waals surface area contributed by atoms with Gasteiger partial charge in [-0.1, -0.05) is 53.5 Å². The molecular weight excluding hydrogens is 383 g/mol. The van der Waals surface area contributed by atoms with Gasteiger partial charge in [0.1, 0.15) is 5.69 Å². The summed E-state index contributed by atoms with van der Waals surface area (Å²) < 4.78 is 7.44. The number of fused-ring (bicyclic) bond motifs is 1. The fourth-order valence-corrected chi connectivity index (χ4v) is 3.43. The van der Waals surface area contributed by atoms with E-state index in [0.29, 0.717) is 33.6 Å². The van der Waals surface area contributed by atoms with Gasteiger partial charge in [-0.3, -0.25) is 4.79 Å². The number of nitrogens with one attached hydrogen (secondary N) is 1. The van der Waals surface area contributed by atoms with E-state index in [0.717, 1.165) is 16.6 Å². The third-order valence-corrected chi connectivity index (χ3v) is 5.36. The second-order valence-corrected chi connectivity index (χ2v) is 7.05. The fraction of sp³-hybridized carbons (Fsp3) is 0.0952. The van der Waals surface area contributed by atoms with E-state index in [-0.39, 0.29) is 5.91 Å². The van der Waals surface area contributed by atoms with Gasteiger partial charge in [0.2, 0.25) is 0 Å². The number of rotatable bonds is 4. The fourth-order valence-electron chi connectivity index (χ4n) is 3.08. The molecule has 0 aliphatic rings. The Hall–Kier alpha value is -2.69. The van der Waals surface area contributed by atoms with Gasteiger partial charge < -0.3 is 14.3 Å². The van der Waals surface area contributed by atoms with Gasteiger partial charge in [-0.2, -0.15) is 0 Å². The van der Waals surface area contributed by atoms with Gasteiger partial charge in [-0.15, -0.1) is 0 Å². The lowest BCUT2D eigenvalue weighted by Gasteiger charge is -2.13. The number of hydrogen-bond acceptors (Lipinski definition) is 2. The smallest absolute Gasteiger partial charge is 0.272 e. The van der Waals surface area contributed by atoms with Crippen molar-refractivity contribution in [2.75, 3.05) is 5.32 Å². The number of anilines is 1. The molecule has 0 atom stereocenters. The summed E-state index contributed by atoms with van der Waals surface area (Å²) in [5.74, 6) is -0.279. The zero-order valence-corrected chi connectivity index (χ0v) is 16.0. The van der Waals surface area contributed by atoms with Crippen LogP contribution in [0.4, 0.5) is 5.69 Å². The summed E-state index contributed by atoms with van der Waals surface area (Å²) in [5.41, 5.74) is 4.77. The van der Waals surface area contributed by atoms with Crippen molar-refractivity contribution in [1.82, 2.24) is 4.57 Å². The minimum Gasteiger partial charge on any atom is -0.463 e. The largest absolute Gasteiger partial charge is 0.463 e. The maximum Gasteiger partial charge on any atom is 0.272 e. The van der Waals surface area contributed by atoms with E-state index in [1.165, 1.54) is 0 Å². The van der Waals surface area contributed by atoms with Crippen LogP contribution in [0.15, 0.2) is 65.3 Å². The van der Waals surface area contributed by atoms with Crippen molar-refractivity contribution < 1.29 is 9.21 Å². The van der Waals surface area contributed by atoms with Crippen LogP contribution < -0.4 is 5.32 Å². The van der Waals surface area contributed by atoms with Gasteiger partial charge in [0.25, 0.3) is 5.91 Å². The highest BCUT2D eigenvalue weighted by molar-refractivity contribution is 6.44. The van der Waals surface area contributed by atoms with Gasteiger partial charge in [0, 0.05) is 18.7 Å². The number of carbonyl (C=O) groups excluding carboxylic acids is 1. The molecule has 0 fully saturated rings. The minimum absolute atomic E-state index is 0.279. The molecule has 2 heterocycles. The molecule has 1 N–H and O–H groups in total. The molecule has 0 spiro atoms.